The molecule has 5 aliphatic carbocycles. The summed E-state index contributed by atoms with van der Waals surface area (Å²) in [7, 11) is 0. The lowest BCUT2D eigenvalue weighted by molar-refractivity contribution is -0.368. The van der Waals surface area contributed by atoms with E-state index in [-0.39, 0.29) is 46.7 Å². The molecule has 0 aromatic carbocycles. The predicted octanol–water partition coefficient (Wildman–Crippen LogP) is 1.68. The average molecular weight is 781 g/mol. The van der Waals surface area contributed by atoms with Gasteiger partial charge in [0.25, 0.3) is 0 Å². The highest BCUT2D eigenvalue weighted by molar-refractivity contribution is 5.47. The van der Waals surface area contributed by atoms with Gasteiger partial charge in [-0.05, 0) is 91.9 Å². The van der Waals surface area contributed by atoms with Crippen LogP contribution in [0.3, 0.4) is 0 Å². The molecule has 13 heteroatoms. The van der Waals surface area contributed by atoms with Crippen molar-refractivity contribution in [1.29, 1.82) is 0 Å². The van der Waals surface area contributed by atoms with Gasteiger partial charge in [0.1, 0.15) is 42.7 Å². The molecule has 2 unspecified atom stereocenters. The summed E-state index contributed by atoms with van der Waals surface area (Å²) in [5.41, 5.74) is 0.374. The number of hydrogen-bond acceptors (Lipinski definition) is 13. The normalized spacial score (nSPS) is 54.9. The number of fused-ring (bicyclic) bond motifs is 6. The minimum atomic E-state index is -1.68. The zero-order valence-corrected chi connectivity index (χ0v) is 33.7. The van der Waals surface area contributed by atoms with Crippen molar-refractivity contribution in [2.75, 3.05) is 19.8 Å². The topological polar surface area (TPSA) is 219 Å². The first-order valence-electron chi connectivity index (χ1n) is 20.6. The van der Waals surface area contributed by atoms with Crippen molar-refractivity contribution in [2.24, 2.45) is 44.3 Å². The Labute approximate surface area is 325 Å². The molecule has 2 aliphatic heterocycles. The van der Waals surface area contributed by atoms with Crippen molar-refractivity contribution in [1.82, 2.24) is 0 Å². The fourth-order valence-corrected chi connectivity index (χ4v) is 13.0. The molecule has 2 heterocycles. The summed E-state index contributed by atoms with van der Waals surface area (Å²) >= 11 is 0. The van der Waals surface area contributed by atoms with E-state index in [1.807, 2.05) is 6.92 Å². The molecule has 7 rings (SSSR count). The summed E-state index contributed by atoms with van der Waals surface area (Å²) < 4.78 is 24.0. The Balaban J connectivity index is 1.16. The highest BCUT2D eigenvalue weighted by Gasteiger charge is 2.69. The van der Waals surface area contributed by atoms with Gasteiger partial charge in [0.05, 0.1) is 38.1 Å². The van der Waals surface area contributed by atoms with Crippen LogP contribution in [0.1, 0.15) is 99.8 Å². The molecule has 7 aliphatic rings. The summed E-state index contributed by atoms with van der Waals surface area (Å²) in [6, 6.07) is 0. The summed E-state index contributed by atoms with van der Waals surface area (Å²) in [6.45, 7) is 14.2. The SMILES string of the molecule is C[C@H]1O[C@@H](O[C@H]2[C@@H](O)[C@@H](CO)O[C@@H](O[C@@H]3CC[C@@]4(C)C(CC[C@]5(C)C4C=CC4=C6CC(C)(C)CC[C@]6(CO)[C@@H](O)C[C@]45C)[C@@]3(C)CO)[C@@H]2O)[C@H](O)[C@@H](O)[C@@H]1O. The van der Waals surface area contributed by atoms with Crippen LogP contribution in [0.5, 0.6) is 0 Å². The highest BCUT2D eigenvalue weighted by atomic mass is 16.7. The van der Waals surface area contributed by atoms with Crippen molar-refractivity contribution in [3.05, 3.63) is 23.3 Å². The van der Waals surface area contributed by atoms with Crippen molar-refractivity contribution >= 4 is 0 Å². The molecule has 3 saturated carbocycles. The maximum atomic E-state index is 12.0. The molecular weight excluding hydrogens is 712 g/mol. The second-order valence-corrected chi connectivity index (χ2v) is 20.3. The Kier molecular flexibility index (Phi) is 11.0. The van der Waals surface area contributed by atoms with Crippen LogP contribution in [0.4, 0.5) is 0 Å². The first kappa shape index (κ1) is 42.1. The van der Waals surface area contributed by atoms with Gasteiger partial charge in [-0.1, -0.05) is 59.3 Å². The van der Waals surface area contributed by atoms with Gasteiger partial charge in [-0.3, -0.25) is 0 Å². The van der Waals surface area contributed by atoms with E-state index in [2.05, 4.69) is 46.8 Å². The van der Waals surface area contributed by atoms with Gasteiger partial charge < -0.3 is 64.9 Å². The number of aliphatic hydroxyl groups is 9. The van der Waals surface area contributed by atoms with Crippen LogP contribution in [-0.4, -0.2) is 139 Å². The molecule has 19 atom stereocenters. The second-order valence-electron chi connectivity index (χ2n) is 20.3. The molecular formula is C42H68O13. The molecule has 9 N–H and O–H groups in total. The summed E-state index contributed by atoms with van der Waals surface area (Å²) in [4.78, 5) is 0. The minimum Gasteiger partial charge on any atom is -0.396 e. The molecule has 0 spiro atoms. The molecule has 0 radical (unpaired) electrons. The third kappa shape index (κ3) is 6.12. The number of aliphatic hydroxyl groups excluding tert-OH is 9. The maximum absolute atomic E-state index is 12.0. The Morgan fingerprint density at radius 1 is 0.745 bits per heavy atom. The molecule has 13 nitrogen and oxygen atoms in total. The number of allylic oxidation sites excluding steroid dienone is 3. The van der Waals surface area contributed by atoms with Crippen molar-refractivity contribution < 1.29 is 64.9 Å². The van der Waals surface area contributed by atoms with Crippen LogP contribution in [0.15, 0.2) is 23.3 Å². The van der Waals surface area contributed by atoms with Crippen molar-refractivity contribution in [3.8, 4) is 0 Å². The number of rotatable bonds is 7. The van der Waals surface area contributed by atoms with Gasteiger partial charge >= 0.3 is 0 Å². The van der Waals surface area contributed by atoms with Gasteiger partial charge in [0, 0.05) is 16.2 Å². The lowest BCUT2D eigenvalue weighted by Crippen LogP contribution is -2.67. The van der Waals surface area contributed by atoms with E-state index in [0.29, 0.717) is 12.8 Å². The van der Waals surface area contributed by atoms with E-state index in [1.165, 1.54) is 18.1 Å². The smallest absolute Gasteiger partial charge is 0.187 e. The van der Waals surface area contributed by atoms with Gasteiger partial charge in [-0.2, -0.15) is 0 Å². The molecule has 5 fully saturated rings. The summed E-state index contributed by atoms with van der Waals surface area (Å²) in [5.74, 6) is 0.113. The fourth-order valence-electron chi connectivity index (χ4n) is 13.0. The van der Waals surface area contributed by atoms with E-state index in [4.69, 9.17) is 18.9 Å². The Morgan fingerprint density at radius 2 is 1.44 bits per heavy atom. The van der Waals surface area contributed by atoms with Gasteiger partial charge in [0.2, 0.25) is 0 Å². The second kappa shape index (κ2) is 14.3. The van der Waals surface area contributed by atoms with E-state index < -0.39 is 91.1 Å². The van der Waals surface area contributed by atoms with Crippen LogP contribution in [0, 0.1) is 44.3 Å². The third-order valence-electron chi connectivity index (χ3n) is 16.8. The van der Waals surface area contributed by atoms with Crippen LogP contribution in [0.2, 0.25) is 0 Å². The van der Waals surface area contributed by atoms with Crippen molar-refractivity contribution in [3.63, 3.8) is 0 Å². The first-order valence-corrected chi connectivity index (χ1v) is 20.6. The minimum absolute atomic E-state index is 0.00450. The molecule has 0 aromatic heterocycles. The summed E-state index contributed by atoms with van der Waals surface area (Å²) in [6.07, 6.45) is -4.80. The van der Waals surface area contributed by atoms with Gasteiger partial charge in [-0.15, -0.1) is 0 Å². The molecule has 314 valence electrons. The lowest BCUT2D eigenvalue weighted by Gasteiger charge is -2.70. The van der Waals surface area contributed by atoms with Crippen LogP contribution < -0.4 is 0 Å². The predicted molar refractivity (Wildman–Crippen MR) is 199 cm³/mol. The zero-order valence-electron chi connectivity index (χ0n) is 33.7. The maximum Gasteiger partial charge on any atom is 0.187 e. The highest BCUT2D eigenvalue weighted by Crippen LogP contribution is 2.74. The fraction of sp³-hybridized carbons (Fsp3) is 0.905. The zero-order chi connectivity index (χ0) is 40.3. The molecule has 0 bridgehead atoms. The molecule has 55 heavy (non-hydrogen) atoms. The van der Waals surface area contributed by atoms with Gasteiger partial charge in [0.15, 0.2) is 12.6 Å². The quantitative estimate of drug-likeness (QED) is 0.168. The molecule has 0 amide bonds. The van der Waals surface area contributed by atoms with E-state index in [1.54, 1.807) is 0 Å². The van der Waals surface area contributed by atoms with E-state index >= 15 is 0 Å². The number of hydrogen-bond donors (Lipinski definition) is 9. The first-order chi connectivity index (χ1) is 25.7. The van der Waals surface area contributed by atoms with Crippen LogP contribution >= 0.6 is 0 Å². The van der Waals surface area contributed by atoms with E-state index in [0.717, 1.165) is 38.5 Å². The third-order valence-corrected chi connectivity index (χ3v) is 16.8. The Morgan fingerprint density at radius 3 is 2.09 bits per heavy atom. The standard InChI is InChI=1S/C42H68O13/c1-21-29(47)31(49)32(50)35(52-21)55-34-30(48)24(18-43)53-36(33(34)51)54-28-11-12-38(4)25(39(28,5)19-44)10-13-40(6)26(38)9-8-22-23-16-37(2,3)14-15-42(23,20-45)27(46)17-41(22,40)7/h8-9,21,24-36,43-51H,10-20H2,1-7H3/t21-,24-,25?,26?,27+,28-,29-,30+,31+,32-,33-,34+,35+,36+,38+,39-,40-,41-,42-/m1/s1. The van der Waals surface area contributed by atoms with Gasteiger partial charge in [-0.25, -0.2) is 0 Å². The van der Waals surface area contributed by atoms with Crippen molar-refractivity contribution in [2.45, 2.75) is 173 Å². The Hall–Kier alpha value is -1.04. The molecule has 0 aromatic rings. The lowest BCUT2D eigenvalue weighted by atomic mass is 9.35. The summed E-state index contributed by atoms with van der Waals surface area (Å²) in [5, 5.41) is 98.1. The average Bonchev–Trinajstić information content (AvgIpc) is 3.13. The monoisotopic (exact) mass is 780 g/mol. The molecule has 2 saturated heterocycles. The number of ether oxygens (including phenoxy) is 4. The van der Waals surface area contributed by atoms with Crippen LogP contribution in [-0.2, 0) is 18.9 Å². The largest absolute Gasteiger partial charge is 0.396 e. The van der Waals surface area contributed by atoms with E-state index in [9.17, 15) is 46.0 Å². The van der Waals surface area contributed by atoms with Crippen LogP contribution in [0.25, 0.3) is 0 Å². The Bertz CT molecular complexity index is 1500.